The van der Waals surface area contributed by atoms with Crippen molar-refractivity contribution >= 4 is 0 Å². The van der Waals surface area contributed by atoms with Gasteiger partial charge in [0.1, 0.15) is 0 Å². The number of nitrogens with one attached hydrogen (secondary N) is 1. The summed E-state index contributed by atoms with van der Waals surface area (Å²) in [6.45, 7) is 11.5. The van der Waals surface area contributed by atoms with Gasteiger partial charge in [0.15, 0.2) is 0 Å². The lowest BCUT2D eigenvalue weighted by molar-refractivity contribution is -0.00487. The fourth-order valence-corrected chi connectivity index (χ4v) is 3.90. The minimum atomic E-state index is 0.304. The quantitative estimate of drug-likeness (QED) is 0.874. The maximum absolute atomic E-state index is 4.36. The van der Waals surface area contributed by atoms with E-state index in [4.69, 9.17) is 0 Å². The molecule has 3 rings (SSSR count). The summed E-state index contributed by atoms with van der Waals surface area (Å²) in [6, 6.07) is 2.01. The Labute approximate surface area is 128 Å². The van der Waals surface area contributed by atoms with Crippen molar-refractivity contribution in [2.75, 3.05) is 19.6 Å². The van der Waals surface area contributed by atoms with E-state index in [1.54, 1.807) is 0 Å². The Bertz CT molecular complexity index is 447. The number of hydrogen-bond acceptors (Lipinski definition) is 3. The summed E-state index contributed by atoms with van der Waals surface area (Å²) in [5.41, 5.74) is 0.638. The molecule has 1 aliphatic carbocycles. The van der Waals surface area contributed by atoms with Crippen molar-refractivity contribution < 1.29 is 0 Å². The summed E-state index contributed by atoms with van der Waals surface area (Å²) in [5, 5.41) is 8.26. The van der Waals surface area contributed by atoms with Gasteiger partial charge in [-0.2, -0.15) is 5.10 Å². The van der Waals surface area contributed by atoms with Crippen molar-refractivity contribution in [3.05, 3.63) is 18.5 Å². The molecule has 1 unspecified atom stereocenters. The maximum Gasteiger partial charge on any atom is 0.0536 e. The summed E-state index contributed by atoms with van der Waals surface area (Å²) in [5.74, 6) is 0.884. The van der Waals surface area contributed by atoms with Gasteiger partial charge < -0.3 is 5.32 Å². The van der Waals surface area contributed by atoms with Crippen LogP contribution in [0.15, 0.2) is 18.5 Å². The van der Waals surface area contributed by atoms with Gasteiger partial charge in [-0.25, -0.2) is 0 Å². The molecule has 0 bridgehead atoms. The lowest BCUT2D eigenvalue weighted by atomic mass is 9.82. The molecular formula is C17H30N4. The molecule has 1 aromatic rings. The van der Waals surface area contributed by atoms with E-state index >= 15 is 0 Å². The maximum atomic E-state index is 4.36. The van der Waals surface area contributed by atoms with E-state index in [0.29, 0.717) is 11.1 Å². The molecule has 1 saturated carbocycles. The molecule has 1 aromatic heterocycles. The monoisotopic (exact) mass is 290 g/mol. The van der Waals surface area contributed by atoms with Crippen LogP contribution in [0.4, 0.5) is 0 Å². The molecule has 0 aromatic carbocycles. The van der Waals surface area contributed by atoms with E-state index in [2.05, 4.69) is 47.0 Å². The predicted molar refractivity (Wildman–Crippen MR) is 86.2 cm³/mol. The zero-order valence-corrected chi connectivity index (χ0v) is 13.8. The van der Waals surface area contributed by atoms with Crippen LogP contribution in [0.3, 0.4) is 0 Å². The number of hydrogen-bond donors (Lipinski definition) is 1. The molecule has 4 nitrogen and oxygen atoms in total. The lowest BCUT2D eigenvalue weighted by Crippen LogP contribution is -2.69. The van der Waals surface area contributed by atoms with Gasteiger partial charge in [0.05, 0.1) is 6.54 Å². The first-order valence-corrected chi connectivity index (χ1v) is 8.59. The van der Waals surface area contributed by atoms with E-state index in [-0.39, 0.29) is 0 Å². The molecule has 4 heteroatoms. The Balaban J connectivity index is 1.73. The second kappa shape index (κ2) is 5.73. The molecule has 2 fully saturated rings. The van der Waals surface area contributed by atoms with Gasteiger partial charge in [-0.1, -0.05) is 13.8 Å². The van der Waals surface area contributed by atoms with Gasteiger partial charge in [-0.15, -0.1) is 0 Å². The van der Waals surface area contributed by atoms with Crippen molar-refractivity contribution in [1.82, 2.24) is 20.0 Å². The van der Waals surface area contributed by atoms with Crippen LogP contribution in [0.5, 0.6) is 0 Å². The van der Waals surface area contributed by atoms with Gasteiger partial charge in [0.25, 0.3) is 0 Å². The average molecular weight is 290 g/mol. The van der Waals surface area contributed by atoms with Crippen molar-refractivity contribution in [3.63, 3.8) is 0 Å². The molecule has 1 N–H and O–H groups in total. The summed E-state index contributed by atoms with van der Waals surface area (Å²) in [7, 11) is 0. The predicted octanol–water partition coefficient (Wildman–Crippen LogP) is 2.52. The SMILES string of the molecule is CCC1(CC)CN(CCn2cccn2)C(C)(C2CC2)CN1. The van der Waals surface area contributed by atoms with Crippen LogP contribution in [0, 0.1) is 5.92 Å². The van der Waals surface area contributed by atoms with Crippen LogP contribution in [0.25, 0.3) is 0 Å². The van der Waals surface area contributed by atoms with Gasteiger partial charge in [-0.3, -0.25) is 9.58 Å². The summed E-state index contributed by atoms with van der Waals surface area (Å²) < 4.78 is 2.06. The van der Waals surface area contributed by atoms with Crippen molar-refractivity contribution in [2.24, 2.45) is 5.92 Å². The normalized spacial score (nSPS) is 29.7. The van der Waals surface area contributed by atoms with E-state index in [9.17, 15) is 0 Å². The van der Waals surface area contributed by atoms with Crippen molar-refractivity contribution in [2.45, 2.75) is 64.1 Å². The van der Waals surface area contributed by atoms with Crippen LogP contribution in [0.1, 0.15) is 46.5 Å². The van der Waals surface area contributed by atoms with Crippen molar-refractivity contribution in [1.29, 1.82) is 0 Å². The van der Waals surface area contributed by atoms with E-state index < -0.39 is 0 Å². The smallest absolute Gasteiger partial charge is 0.0536 e. The molecule has 1 saturated heterocycles. The van der Waals surface area contributed by atoms with E-state index in [0.717, 1.165) is 25.6 Å². The van der Waals surface area contributed by atoms with Gasteiger partial charge in [0, 0.05) is 43.1 Å². The fourth-order valence-electron chi connectivity index (χ4n) is 3.90. The van der Waals surface area contributed by atoms with Crippen LogP contribution in [-0.4, -0.2) is 45.4 Å². The van der Waals surface area contributed by atoms with Crippen LogP contribution in [-0.2, 0) is 6.54 Å². The first-order chi connectivity index (χ1) is 10.1. The first-order valence-electron chi connectivity index (χ1n) is 8.59. The van der Waals surface area contributed by atoms with E-state index in [1.165, 1.54) is 32.2 Å². The third-order valence-electron chi connectivity index (χ3n) is 6.01. The zero-order chi connectivity index (χ0) is 14.9. The molecule has 118 valence electrons. The molecule has 1 aliphatic heterocycles. The Morgan fingerprint density at radius 1 is 1.24 bits per heavy atom. The molecule has 21 heavy (non-hydrogen) atoms. The third-order valence-corrected chi connectivity index (χ3v) is 6.01. The number of aromatic nitrogens is 2. The molecule has 2 aliphatic rings. The summed E-state index contributed by atoms with van der Waals surface area (Å²) >= 11 is 0. The van der Waals surface area contributed by atoms with Crippen molar-refractivity contribution in [3.8, 4) is 0 Å². The van der Waals surface area contributed by atoms with E-state index in [1.807, 2.05) is 12.3 Å². The van der Waals surface area contributed by atoms with Crippen LogP contribution in [0.2, 0.25) is 0 Å². The molecular weight excluding hydrogens is 260 g/mol. The Hall–Kier alpha value is -0.870. The van der Waals surface area contributed by atoms with Crippen LogP contribution < -0.4 is 5.32 Å². The number of piperazine rings is 1. The minimum absolute atomic E-state index is 0.304. The Morgan fingerprint density at radius 2 is 2.00 bits per heavy atom. The lowest BCUT2D eigenvalue weighted by Gasteiger charge is -2.53. The highest BCUT2D eigenvalue weighted by Gasteiger charge is 2.50. The fraction of sp³-hybridized carbons (Fsp3) is 0.824. The number of rotatable bonds is 6. The second-order valence-electron chi connectivity index (χ2n) is 7.16. The minimum Gasteiger partial charge on any atom is -0.308 e. The average Bonchev–Trinajstić information content (AvgIpc) is 3.25. The molecule has 0 spiro atoms. The Kier molecular flexibility index (Phi) is 4.10. The highest BCUT2D eigenvalue weighted by molar-refractivity contribution is 5.08. The molecule has 0 radical (unpaired) electrons. The Morgan fingerprint density at radius 3 is 2.57 bits per heavy atom. The molecule has 2 heterocycles. The van der Waals surface area contributed by atoms with Gasteiger partial charge in [0.2, 0.25) is 0 Å². The first kappa shape index (κ1) is 15.0. The highest BCUT2D eigenvalue weighted by atomic mass is 15.3. The topological polar surface area (TPSA) is 33.1 Å². The third kappa shape index (κ3) is 2.88. The summed E-state index contributed by atoms with van der Waals surface area (Å²) in [6.07, 6.45) is 9.18. The van der Waals surface area contributed by atoms with Crippen LogP contribution >= 0.6 is 0 Å². The molecule has 0 amide bonds. The van der Waals surface area contributed by atoms with Gasteiger partial charge in [-0.05, 0) is 44.6 Å². The molecule has 1 atom stereocenters. The largest absolute Gasteiger partial charge is 0.308 e. The van der Waals surface area contributed by atoms with Gasteiger partial charge >= 0.3 is 0 Å². The number of nitrogens with zero attached hydrogens (tertiary/aromatic N) is 3. The standard InChI is InChI=1S/C17H30N4/c1-4-17(5-2)14-20(11-12-21-10-6-9-19-21)16(3,13-18-17)15-7-8-15/h6,9-10,15,18H,4-5,7-8,11-14H2,1-3H3. The highest BCUT2D eigenvalue weighted by Crippen LogP contribution is 2.45. The summed E-state index contributed by atoms with van der Waals surface area (Å²) in [4.78, 5) is 2.76. The zero-order valence-electron chi connectivity index (χ0n) is 13.8. The second-order valence-corrected chi connectivity index (χ2v) is 7.16.